The number of nitrogens with two attached hydrogens (primary N) is 1. The van der Waals surface area contributed by atoms with Gasteiger partial charge in [0.1, 0.15) is 11.3 Å². The van der Waals surface area contributed by atoms with Crippen molar-refractivity contribution in [2.24, 2.45) is 5.73 Å². The van der Waals surface area contributed by atoms with E-state index in [1.165, 1.54) is 7.11 Å². The van der Waals surface area contributed by atoms with Gasteiger partial charge in [0.2, 0.25) is 0 Å². The highest BCUT2D eigenvalue weighted by Crippen LogP contribution is 2.34. The van der Waals surface area contributed by atoms with Gasteiger partial charge in [0, 0.05) is 18.5 Å². The molecule has 1 aliphatic carbocycles. The quantitative estimate of drug-likeness (QED) is 0.713. The van der Waals surface area contributed by atoms with Gasteiger partial charge in [-0.15, -0.1) is 0 Å². The Bertz CT molecular complexity index is 436. The number of rotatable bonds is 6. The summed E-state index contributed by atoms with van der Waals surface area (Å²) in [5.41, 5.74) is 6.62. The van der Waals surface area contributed by atoms with Crippen LogP contribution in [0.1, 0.15) is 20.3 Å². The standard InChI is InChI=1S/C13H19NO5/c1-4-18-12(15)9-7-10(19-6-5-14)11(8(9)2)13(16)17-3/h4-7,14H2,1-3H3. The minimum absolute atomic E-state index is 0.231. The van der Waals surface area contributed by atoms with Gasteiger partial charge in [0.05, 0.1) is 20.3 Å². The maximum absolute atomic E-state index is 11.8. The summed E-state index contributed by atoms with van der Waals surface area (Å²) in [5, 5.41) is 0. The minimum Gasteiger partial charge on any atom is -0.495 e. The van der Waals surface area contributed by atoms with Crippen LogP contribution in [0.15, 0.2) is 22.5 Å². The number of allylic oxidation sites excluding steroid dienone is 1. The normalized spacial score (nSPS) is 14.7. The SMILES string of the molecule is CCOC(=O)C1=C(C)C(C(=O)OC)=C(OCCN)C1. The Kier molecular flexibility index (Phi) is 5.57. The van der Waals surface area contributed by atoms with Crippen LogP contribution in [0.5, 0.6) is 0 Å². The highest BCUT2D eigenvalue weighted by Gasteiger charge is 2.32. The lowest BCUT2D eigenvalue weighted by molar-refractivity contribution is -0.138. The molecule has 1 aliphatic rings. The zero-order valence-corrected chi connectivity index (χ0v) is 11.4. The molecule has 0 atom stereocenters. The predicted octanol–water partition coefficient (Wildman–Crippen LogP) is 0.672. The van der Waals surface area contributed by atoms with E-state index in [2.05, 4.69) is 0 Å². The molecule has 0 amide bonds. The zero-order valence-electron chi connectivity index (χ0n) is 11.4. The smallest absolute Gasteiger partial charge is 0.341 e. The van der Waals surface area contributed by atoms with Crippen LogP contribution in [0.4, 0.5) is 0 Å². The van der Waals surface area contributed by atoms with Crippen molar-refractivity contribution in [2.45, 2.75) is 20.3 Å². The molecule has 19 heavy (non-hydrogen) atoms. The molecule has 1 rings (SSSR count). The lowest BCUT2D eigenvalue weighted by atomic mass is 10.1. The largest absolute Gasteiger partial charge is 0.495 e. The molecule has 0 bridgehead atoms. The molecule has 6 nitrogen and oxygen atoms in total. The van der Waals surface area contributed by atoms with E-state index in [0.717, 1.165) is 0 Å². The van der Waals surface area contributed by atoms with Crippen LogP contribution < -0.4 is 5.73 Å². The summed E-state index contributed by atoms with van der Waals surface area (Å²) in [4.78, 5) is 23.5. The second-order valence-electron chi connectivity index (χ2n) is 3.93. The van der Waals surface area contributed by atoms with Crippen molar-refractivity contribution < 1.29 is 23.8 Å². The first-order valence-corrected chi connectivity index (χ1v) is 6.08. The number of carbonyl (C=O) groups is 2. The van der Waals surface area contributed by atoms with E-state index in [1.807, 2.05) is 0 Å². The number of ether oxygens (including phenoxy) is 3. The topological polar surface area (TPSA) is 87.9 Å². The summed E-state index contributed by atoms with van der Waals surface area (Å²) in [5.74, 6) is -0.547. The third-order valence-corrected chi connectivity index (χ3v) is 2.75. The molecule has 0 aliphatic heterocycles. The van der Waals surface area contributed by atoms with Gasteiger partial charge in [0.25, 0.3) is 0 Å². The van der Waals surface area contributed by atoms with E-state index >= 15 is 0 Å². The van der Waals surface area contributed by atoms with Crippen molar-refractivity contribution in [3.8, 4) is 0 Å². The molecular weight excluding hydrogens is 250 g/mol. The fraction of sp³-hybridized carbons (Fsp3) is 0.538. The molecule has 0 saturated carbocycles. The van der Waals surface area contributed by atoms with E-state index in [1.54, 1.807) is 13.8 Å². The highest BCUT2D eigenvalue weighted by molar-refractivity contribution is 6.01. The van der Waals surface area contributed by atoms with Gasteiger partial charge in [0.15, 0.2) is 0 Å². The Morgan fingerprint density at radius 3 is 2.53 bits per heavy atom. The Hall–Kier alpha value is -1.82. The summed E-state index contributed by atoms with van der Waals surface area (Å²) in [6.45, 7) is 4.29. The average molecular weight is 269 g/mol. The number of hydrogen-bond donors (Lipinski definition) is 1. The molecular formula is C13H19NO5. The summed E-state index contributed by atoms with van der Waals surface area (Å²) >= 11 is 0. The fourth-order valence-corrected chi connectivity index (χ4v) is 1.86. The van der Waals surface area contributed by atoms with Gasteiger partial charge in [-0.2, -0.15) is 0 Å². The molecule has 2 N–H and O–H groups in total. The third kappa shape index (κ3) is 3.35. The van der Waals surface area contributed by atoms with Gasteiger partial charge in [-0.1, -0.05) is 0 Å². The van der Waals surface area contributed by atoms with Crippen LogP contribution >= 0.6 is 0 Å². The van der Waals surface area contributed by atoms with Crippen molar-refractivity contribution >= 4 is 11.9 Å². The number of carbonyl (C=O) groups excluding carboxylic acids is 2. The van der Waals surface area contributed by atoms with Gasteiger partial charge in [-0.05, 0) is 19.4 Å². The number of hydrogen-bond acceptors (Lipinski definition) is 6. The maximum Gasteiger partial charge on any atom is 0.341 e. The molecule has 0 aromatic rings. The first kappa shape index (κ1) is 15.2. The maximum atomic E-state index is 11.8. The Morgan fingerprint density at radius 1 is 1.32 bits per heavy atom. The molecule has 0 spiro atoms. The Labute approximate surface area is 112 Å². The van der Waals surface area contributed by atoms with Crippen LogP contribution in [0.3, 0.4) is 0 Å². The summed E-state index contributed by atoms with van der Waals surface area (Å²) < 4.78 is 15.1. The highest BCUT2D eigenvalue weighted by atomic mass is 16.5. The molecule has 6 heteroatoms. The van der Waals surface area contributed by atoms with Crippen LogP contribution in [-0.2, 0) is 23.8 Å². The average Bonchev–Trinajstić information content (AvgIpc) is 2.73. The first-order chi connectivity index (χ1) is 9.06. The van der Waals surface area contributed by atoms with Crippen LogP contribution in [0.25, 0.3) is 0 Å². The van der Waals surface area contributed by atoms with Gasteiger partial charge >= 0.3 is 11.9 Å². The number of esters is 2. The van der Waals surface area contributed by atoms with E-state index < -0.39 is 11.9 Å². The van der Waals surface area contributed by atoms with Crippen LogP contribution in [0.2, 0.25) is 0 Å². The van der Waals surface area contributed by atoms with E-state index in [0.29, 0.717) is 29.0 Å². The Balaban J connectivity index is 3.01. The third-order valence-electron chi connectivity index (χ3n) is 2.75. The van der Waals surface area contributed by atoms with Gasteiger partial charge in [-0.3, -0.25) is 0 Å². The molecule has 0 heterocycles. The molecule has 0 radical (unpaired) electrons. The van der Waals surface area contributed by atoms with Crippen molar-refractivity contribution in [2.75, 3.05) is 26.9 Å². The van der Waals surface area contributed by atoms with Crippen LogP contribution in [0, 0.1) is 0 Å². The first-order valence-electron chi connectivity index (χ1n) is 6.08. The van der Waals surface area contributed by atoms with Crippen molar-refractivity contribution in [3.63, 3.8) is 0 Å². The lowest BCUT2D eigenvalue weighted by Gasteiger charge is -2.08. The van der Waals surface area contributed by atoms with Gasteiger partial charge in [-0.25, -0.2) is 9.59 Å². The lowest BCUT2D eigenvalue weighted by Crippen LogP contribution is -2.11. The van der Waals surface area contributed by atoms with E-state index in [9.17, 15) is 9.59 Å². The molecule has 0 aromatic carbocycles. The fourth-order valence-electron chi connectivity index (χ4n) is 1.86. The second-order valence-corrected chi connectivity index (χ2v) is 3.93. The number of methoxy groups -OCH3 is 1. The van der Waals surface area contributed by atoms with E-state index in [4.69, 9.17) is 19.9 Å². The van der Waals surface area contributed by atoms with Crippen molar-refractivity contribution in [3.05, 3.63) is 22.5 Å². The van der Waals surface area contributed by atoms with E-state index in [-0.39, 0.29) is 19.6 Å². The van der Waals surface area contributed by atoms with Crippen molar-refractivity contribution in [1.82, 2.24) is 0 Å². The van der Waals surface area contributed by atoms with Gasteiger partial charge < -0.3 is 19.9 Å². The predicted molar refractivity (Wildman–Crippen MR) is 68.0 cm³/mol. The zero-order chi connectivity index (χ0) is 14.4. The molecule has 0 aromatic heterocycles. The Morgan fingerprint density at radius 2 is 2.00 bits per heavy atom. The minimum atomic E-state index is -0.524. The van der Waals surface area contributed by atoms with Crippen LogP contribution in [-0.4, -0.2) is 38.8 Å². The monoisotopic (exact) mass is 269 g/mol. The summed E-state index contributed by atoms with van der Waals surface area (Å²) in [6.07, 6.45) is 0.231. The second kappa shape index (κ2) is 6.94. The molecule has 0 unspecified atom stereocenters. The molecule has 0 saturated heterocycles. The summed E-state index contributed by atoms with van der Waals surface area (Å²) in [6, 6.07) is 0. The van der Waals surface area contributed by atoms with Crippen molar-refractivity contribution in [1.29, 1.82) is 0 Å². The molecule has 0 fully saturated rings. The summed E-state index contributed by atoms with van der Waals surface area (Å²) in [7, 11) is 1.28. The molecule has 106 valence electrons.